The molecule has 1 amide bonds. The summed E-state index contributed by atoms with van der Waals surface area (Å²) in [5.74, 6) is 0.0611. The molecule has 1 saturated heterocycles. The molecule has 0 aromatic heterocycles. The van der Waals surface area contributed by atoms with Gasteiger partial charge in [0, 0.05) is 50.9 Å². The number of amides is 1. The average Bonchev–Trinajstić information content (AvgIpc) is 2.39. The number of rotatable bonds is 4. The molecule has 1 aliphatic heterocycles. The maximum atomic E-state index is 11.7. The van der Waals surface area contributed by atoms with E-state index in [1.807, 2.05) is 18.2 Å². The maximum Gasteiger partial charge on any atom is 0.225 e. The molecule has 1 fully saturated rings. The van der Waals surface area contributed by atoms with Gasteiger partial charge >= 0.3 is 0 Å². The van der Waals surface area contributed by atoms with Crippen molar-refractivity contribution in [1.82, 2.24) is 10.2 Å². The molecular weight excluding hydrogens is 214 g/mol. The van der Waals surface area contributed by atoms with Gasteiger partial charge in [-0.1, -0.05) is 18.2 Å². The summed E-state index contributed by atoms with van der Waals surface area (Å²) >= 11 is 0. The quantitative estimate of drug-likeness (QED) is 0.804. The van der Waals surface area contributed by atoms with E-state index >= 15 is 0 Å². The summed E-state index contributed by atoms with van der Waals surface area (Å²) in [6, 6.07) is 10.4. The number of hydrogen-bond acceptors (Lipinski definition) is 3. The molecular formula is C13H18N3O. The third-order valence-electron chi connectivity index (χ3n) is 2.85. The predicted molar refractivity (Wildman–Crippen MR) is 67.8 cm³/mol. The van der Waals surface area contributed by atoms with Crippen LogP contribution in [0.1, 0.15) is 6.42 Å². The summed E-state index contributed by atoms with van der Waals surface area (Å²) in [4.78, 5) is 14.0. The molecule has 0 spiro atoms. The van der Waals surface area contributed by atoms with Crippen LogP contribution >= 0.6 is 0 Å². The summed E-state index contributed by atoms with van der Waals surface area (Å²) < 4.78 is 0. The minimum absolute atomic E-state index is 0.0611. The van der Waals surface area contributed by atoms with Crippen LogP contribution in [-0.4, -0.2) is 43.5 Å². The zero-order chi connectivity index (χ0) is 11.9. The van der Waals surface area contributed by atoms with Crippen LogP contribution in [0.4, 0.5) is 5.69 Å². The minimum atomic E-state index is 0.0611. The second kappa shape index (κ2) is 6.37. The Balaban J connectivity index is 1.70. The van der Waals surface area contributed by atoms with Crippen molar-refractivity contribution in [1.29, 1.82) is 0 Å². The monoisotopic (exact) mass is 232 g/mol. The van der Waals surface area contributed by atoms with Gasteiger partial charge in [0.2, 0.25) is 5.91 Å². The summed E-state index contributed by atoms with van der Waals surface area (Å²) in [5, 5.41) is 6.14. The van der Waals surface area contributed by atoms with Crippen LogP contribution in [0.15, 0.2) is 24.3 Å². The summed E-state index contributed by atoms with van der Waals surface area (Å²) in [5.41, 5.74) is 0.748. The van der Waals surface area contributed by atoms with E-state index in [9.17, 15) is 4.79 Å². The Bertz CT molecular complexity index is 347. The molecule has 1 radical (unpaired) electrons. The van der Waals surface area contributed by atoms with Gasteiger partial charge in [-0.05, 0) is 6.07 Å². The van der Waals surface area contributed by atoms with Crippen LogP contribution in [0.25, 0.3) is 0 Å². The first-order chi connectivity index (χ1) is 8.34. The molecule has 1 aromatic carbocycles. The van der Waals surface area contributed by atoms with Crippen LogP contribution < -0.4 is 10.6 Å². The van der Waals surface area contributed by atoms with Crippen LogP contribution in [-0.2, 0) is 4.79 Å². The third-order valence-corrected chi connectivity index (χ3v) is 2.85. The van der Waals surface area contributed by atoms with Crippen molar-refractivity contribution in [3.05, 3.63) is 30.3 Å². The largest absolute Gasteiger partial charge is 0.325 e. The third kappa shape index (κ3) is 4.17. The number of carbonyl (C=O) groups is 1. The zero-order valence-corrected chi connectivity index (χ0v) is 9.91. The minimum Gasteiger partial charge on any atom is -0.325 e. The number of piperazine rings is 1. The average molecular weight is 232 g/mol. The highest BCUT2D eigenvalue weighted by Crippen LogP contribution is 2.04. The van der Waals surface area contributed by atoms with E-state index in [1.54, 1.807) is 6.07 Å². The summed E-state index contributed by atoms with van der Waals surface area (Å²) in [7, 11) is 0. The van der Waals surface area contributed by atoms with Gasteiger partial charge < -0.3 is 15.5 Å². The number of nitrogens with zero attached hydrogens (tertiary/aromatic N) is 1. The summed E-state index contributed by atoms with van der Waals surface area (Å²) in [6.07, 6.45) is 0.544. The van der Waals surface area contributed by atoms with Crippen molar-refractivity contribution in [2.24, 2.45) is 0 Å². The molecule has 0 bridgehead atoms. The van der Waals surface area contributed by atoms with Crippen molar-refractivity contribution in [3.8, 4) is 0 Å². The molecule has 1 aromatic rings. The first-order valence-corrected chi connectivity index (χ1v) is 6.04. The molecule has 1 aliphatic rings. The van der Waals surface area contributed by atoms with Gasteiger partial charge in [-0.2, -0.15) is 0 Å². The lowest BCUT2D eigenvalue weighted by molar-refractivity contribution is -0.116. The highest BCUT2D eigenvalue weighted by atomic mass is 16.1. The molecule has 4 nitrogen and oxygen atoms in total. The van der Waals surface area contributed by atoms with Gasteiger partial charge in [0.15, 0.2) is 0 Å². The molecule has 91 valence electrons. The highest BCUT2D eigenvalue weighted by Gasteiger charge is 2.11. The molecule has 1 heterocycles. The van der Waals surface area contributed by atoms with Gasteiger partial charge in [-0.3, -0.25) is 4.79 Å². The first kappa shape index (κ1) is 12.1. The van der Waals surface area contributed by atoms with E-state index in [4.69, 9.17) is 0 Å². The molecule has 0 atom stereocenters. The molecule has 2 N–H and O–H groups in total. The Morgan fingerprint density at radius 2 is 2.24 bits per heavy atom. The Hall–Kier alpha value is -1.39. The number of benzene rings is 1. The second-order valence-corrected chi connectivity index (χ2v) is 4.17. The van der Waals surface area contributed by atoms with Crippen LogP contribution in [0.3, 0.4) is 0 Å². The van der Waals surface area contributed by atoms with Gasteiger partial charge in [0.05, 0.1) is 0 Å². The fourth-order valence-corrected chi connectivity index (χ4v) is 1.88. The summed E-state index contributed by atoms with van der Waals surface area (Å²) in [6.45, 7) is 4.94. The van der Waals surface area contributed by atoms with E-state index in [-0.39, 0.29) is 5.91 Å². The van der Waals surface area contributed by atoms with E-state index in [0.717, 1.165) is 38.4 Å². The van der Waals surface area contributed by atoms with Gasteiger partial charge in [0.25, 0.3) is 0 Å². The van der Waals surface area contributed by atoms with E-state index in [1.165, 1.54) is 0 Å². The molecule has 0 unspecified atom stereocenters. The van der Waals surface area contributed by atoms with Crippen LogP contribution in [0, 0.1) is 6.07 Å². The number of carbonyl (C=O) groups excluding carboxylic acids is 1. The van der Waals surface area contributed by atoms with Crippen molar-refractivity contribution in [3.63, 3.8) is 0 Å². The zero-order valence-electron chi connectivity index (χ0n) is 9.91. The standard InChI is InChI=1S/C13H18N3O/c17-13(15-12-4-2-1-3-5-12)6-9-16-10-7-14-8-11-16/h1-4,14H,6-11H2,(H,15,17). The smallest absolute Gasteiger partial charge is 0.225 e. The molecule has 2 rings (SSSR count). The lowest BCUT2D eigenvalue weighted by Gasteiger charge is -2.26. The van der Waals surface area contributed by atoms with Crippen molar-refractivity contribution in [2.75, 3.05) is 38.0 Å². The van der Waals surface area contributed by atoms with Crippen LogP contribution in [0.5, 0.6) is 0 Å². The predicted octanol–water partition coefficient (Wildman–Crippen LogP) is 0.721. The maximum absolute atomic E-state index is 11.7. The Kier molecular flexibility index (Phi) is 4.53. The molecule has 0 aliphatic carbocycles. The first-order valence-electron chi connectivity index (χ1n) is 6.04. The Morgan fingerprint density at radius 3 is 2.94 bits per heavy atom. The Labute approximate surface area is 102 Å². The van der Waals surface area contributed by atoms with Crippen molar-refractivity contribution < 1.29 is 4.79 Å². The lowest BCUT2D eigenvalue weighted by atomic mass is 10.3. The van der Waals surface area contributed by atoms with Gasteiger partial charge in [-0.15, -0.1) is 0 Å². The van der Waals surface area contributed by atoms with Crippen LogP contribution in [0.2, 0.25) is 0 Å². The fraction of sp³-hybridized carbons (Fsp3) is 0.462. The topological polar surface area (TPSA) is 44.4 Å². The fourth-order valence-electron chi connectivity index (χ4n) is 1.88. The van der Waals surface area contributed by atoms with Gasteiger partial charge in [0.1, 0.15) is 0 Å². The Morgan fingerprint density at radius 1 is 1.41 bits per heavy atom. The highest BCUT2D eigenvalue weighted by molar-refractivity contribution is 5.90. The van der Waals surface area contributed by atoms with Crippen molar-refractivity contribution >= 4 is 11.6 Å². The van der Waals surface area contributed by atoms with E-state index in [2.05, 4.69) is 21.6 Å². The van der Waals surface area contributed by atoms with Gasteiger partial charge in [-0.25, -0.2) is 0 Å². The number of para-hydroxylation sites is 1. The number of hydrogen-bond donors (Lipinski definition) is 2. The normalized spacial score (nSPS) is 16.7. The molecule has 4 heteroatoms. The number of nitrogens with one attached hydrogen (secondary N) is 2. The number of anilines is 1. The SMILES string of the molecule is O=C(CCN1CCNCC1)Nc1[c]cccc1. The van der Waals surface area contributed by atoms with E-state index in [0.29, 0.717) is 6.42 Å². The van der Waals surface area contributed by atoms with Crippen molar-refractivity contribution in [2.45, 2.75) is 6.42 Å². The second-order valence-electron chi connectivity index (χ2n) is 4.17. The molecule has 0 saturated carbocycles. The lowest BCUT2D eigenvalue weighted by Crippen LogP contribution is -2.44. The van der Waals surface area contributed by atoms with E-state index < -0.39 is 0 Å². The molecule has 17 heavy (non-hydrogen) atoms.